The molecular weight excluding hydrogens is 607 g/mol. The van der Waals surface area contributed by atoms with Crippen LogP contribution in [-0.4, -0.2) is 59.2 Å². The summed E-state index contributed by atoms with van der Waals surface area (Å²) in [4.78, 5) is 24.2. The van der Waals surface area contributed by atoms with Crippen molar-refractivity contribution in [2.45, 2.75) is 6.18 Å². The Hall–Kier alpha value is -5.14. The van der Waals surface area contributed by atoms with E-state index >= 15 is 0 Å². The van der Waals surface area contributed by atoms with E-state index in [-0.39, 0.29) is 5.91 Å². The molecule has 0 atom stereocenters. The number of aromatic nitrogens is 2. The van der Waals surface area contributed by atoms with Gasteiger partial charge in [-0.1, -0.05) is 36.4 Å². The number of carboxylic acids is 1. The summed E-state index contributed by atoms with van der Waals surface area (Å²) in [6.07, 6.45) is -1.37. The average Bonchev–Trinajstić information content (AvgIpc) is 3.72. The van der Waals surface area contributed by atoms with E-state index in [1.54, 1.807) is 28.3 Å². The highest BCUT2D eigenvalue weighted by Crippen LogP contribution is 2.33. The second-order valence-corrected chi connectivity index (χ2v) is 10.6. The van der Waals surface area contributed by atoms with Crippen molar-refractivity contribution in [3.63, 3.8) is 0 Å². The molecule has 45 heavy (non-hydrogen) atoms. The number of anilines is 4. The van der Waals surface area contributed by atoms with Gasteiger partial charge in [0, 0.05) is 46.4 Å². The number of amides is 1. The van der Waals surface area contributed by atoms with Gasteiger partial charge < -0.3 is 25.4 Å². The molecule has 1 saturated heterocycles. The van der Waals surface area contributed by atoms with Crippen LogP contribution in [0, 0.1) is 0 Å². The first kappa shape index (κ1) is 31.3. The Morgan fingerprint density at radius 2 is 1.60 bits per heavy atom. The molecule has 1 aliphatic heterocycles. The van der Waals surface area contributed by atoms with Crippen molar-refractivity contribution in [3.8, 4) is 16.8 Å². The zero-order valence-electron chi connectivity index (χ0n) is 23.7. The zero-order valence-corrected chi connectivity index (χ0v) is 24.5. The fourth-order valence-electron chi connectivity index (χ4n) is 4.49. The number of ether oxygens (including phenoxy) is 1. The number of hydrogen-bond donors (Lipinski definition) is 3. The van der Waals surface area contributed by atoms with E-state index in [4.69, 9.17) is 14.6 Å². The lowest BCUT2D eigenvalue weighted by molar-refractivity contribution is -0.192. The molecule has 3 aromatic carbocycles. The maximum atomic E-state index is 13.0. The predicted molar refractivity (Wildman–Crippen MR) is 168 cm³/mol. The van der Waals surface area contributed by atoms with Gasteiger partial charge in [0.2, 0.25) is 0 Å². The second kappa shape index (κ2) is 14.1. The number of halogens is 3. The number of nitrogens with one attached hydrogen (secondary N) is 2. The molecule has 2 aromatic heterocycles. The van der Waals surface area contributed by atoms with Crippen LogP contribution in [0.5, 0.6) is 0 Å². The van der Waals surface area contributed by atoms with Gasteiger partial charge in [0.1, 0.15) is 0 Å². The largest absolute Gasteiger partial charge is 0.490 e. The normalized spacial score (nSPS) is 13.0. The molecule has 0 saturated carbocycles. The molecule has 13 heteroatoms. The molecule has 9 nitrogen and oxygen atoms in total. The van der Waals surface area contributed by atoms with Gasteiger partial charge in [-0.15, -0.1) is 11.3 Å². The maximum Gasteiger partial charge on any atom is 0.490 e. The fourth-order valence-corrected chi connectivity index (χ4v) is 5.28. The van der Waals surface area contributed by atoms with Gasteiger partial charge in [-0.05, 0) is 48.0 Å². The molecule has 3 heterocycles. The maximum absolute atomic E-state index is 13.0. The van der Waals surface area contributed by atoms with Gasteiger partial charge in [-0.2, -0.15) is 18.3 Å². The van der Waals surface area contributed by atoms with E-state index in [1.807, 2.05) is 66.9 Å². The van der Waals surface area contributed by atoms with Crippen molar-refractivity contribution in [1.82, 2.24) is 9.78 Å². The third-order valence-corrected chi connectivity index (χ3v) is 7.47. The Kier molecular flexibility index (Phi) is 9.80. The second-order valence-electron chi connectivity index (χ2n) is 9.82. The first-order valence-corrected chi connectivity index (χ1v) is 14.7. The molecule has 5 aromatic rings. The van der Waals surface area contributed by atoms with E-state index in [0.717, 1.165) is 65.9 Å². The topological polar surface area (TPSA) is 109 Å². The number of benzene rings is 3. The number of thiophene rings is 1. The average molecular weight is 636 g/mol. The highest BCUT2D eigenvalue weighted by Gasteiger charge is 2.38. The third-order valence-electron chi connectivity index (χ3n) is 6.73. The minimum atomic E-state index is -5.08. The summed E-state index contributed by atoms with van der Waals surface area (Å²) in [5.41, 5.74) is 7.49. The van der Waals surface area contributed by atoms with E-state index in [1.165, 1.54) is 0 Å². The molecule has 0 aliphatic carbocycles. The van der Waals surface area contributed by atoms with Crippen LogP contribution in [0.2, 0.25) is 0 Å². The Labute approximate surface area is 260 Å². The lowest BCUT2D eigenvalue weighted by atomic mass is 10.1. The molecule has 0 unspecified atom stereocenters. The van der Waals surface area contributed by atoms with Crippen LogP contribution in [0.25, 0.3) is 16.8 Å². The number of alkyl halides is 3. The summed E-state index contributed by atoms with van der Waals surface area (Å²) in [6, 6.07) is 25.7. The van der Waals surface area contributed by atoms with E-state index < -0.39 is 12.1 Å². The van der Waals surface area contributed by atoms with Gasteiger partial charge in [0.15, 0.2) is 0 Å². The van der Waals surface area contributed by atoms with Gasteiger partial charge in [0.05, 0.1) is 42.7 Å². The molecule has 1 amide bonds. The Morgan fingerprint density at radius 3 is 2.29 bits per heavy atom. The molecule has 1 aliphatic rings. The molecule has 0 spiro atoms. The van der Waals surface area contributed by atoms with Crippen LogP contribution in [0.1, 0.15) is 10.4 Å². The minimum absolute atomic E-state index is 0.165. The first-order valence-electron chi connectivity index (χ1n) is 13.8. The molecule has 0 bridgehead atoms. The minimum Gasteiger partial charge on any atom is -0.475 e. The van der Waals surface area contributed by atoms with Crippen molar-refractivity contribution in [3.05, 3.63) is 108 Å². The molecule has 3 N–H and O–H groups in total. The smallest absolute Gasteiger partial charge is 0.475 e. The number of carboxylic acid groups (broad SMARTS) is 1. The number of morpholine rings is 1. The standard InChI is InChI=1S/C30H27N5O2S.C2HF3O2/c36-30(33-24-9-11-26(12-10-24)34-13-15-37-16-14-34)23-7-4-8-27(17-23)35-19-25(18-31-35)32-29-21-38-20-28(29)22-5-2-1-3-6-22;3-2(4,5)1(6)7/h1-12,17-21,32H,13-16H2,(H,33,36);(H,6,7). The Bertz CT molecular complexity index is 1730. The van der Waals surface area contributed by atoms with Crippen LogP contribution >= 0.6 is 11.3 Å². The predicted octanol–water partition coefficient (Wildman–Crippen LogP) is 7.07. The molecule has 232 valence electrons. The van der Waals surface area contributed by atoms with Crippen LogP contribution in [0.15, 0.2) is 102 Å². The molecule has 0 radical (unpaired) electrons. The van der Waals surface area contributed by atoms with E-state index in [9.17, 15) is 18.0 Å². The number of carbonyl (C=O) groups excluding carboxylic acids is 1. The van der Waals surface area contributed by atoms with Crippen LogP contribution < -0.4 is 15.5 Å². The third kappa shape index (κ3) is 8.28. The lowest BCUT2D eigenvalue weighted by Crippen LogP contribution is -2.36. The van der Waals surface area contributed by atoms with E-state index in [0.29, 0.717) is 5.56 Å². The van der Waals surface area contributed by atoms with Gasteiger partial charge >= 0.3 is 12.1 Å². The number of aliphatic carboxylic acids is 1. The number of rotatable bonds is 7. The van der Waals surface area contributed by atoms with Crippen molar-refractivity contribution >= 4 is 46.0 Å². The van der Waals surface area contributed by atoms with Crippen LogP contribution in [0.4, 0.5) is 35.9 Å². The van der Waals surface area contributed by atoms with Crippen molar-refractivity contribution in [2.75, 3.05) is 41.8 Å². The number of nitrogens with zero attached hydrogens (tertiary/aromatic N) is 3. The van der Waals surface area contributed by atoms with Gasteiger partial charge in [0.25, 0.3) is 5.91 Å². The van der Waals surface area contributed by atoms with Crippen LogP contribution in [-0.2, 0) is 9.53 Å². The van der Waals surface area contributed by atoms with Crippen LogP contribution in [0.3, 0.4) is 0 Å². The summed E-state index contributed by atoms with van der Waals surface area (Å²) >= 11 is 1.66. The summed E-state index contributed by atoms with van der Waals surface area (Å²) in [7, 11) is 0. The quantitative estimate of drug-likeness (QED) is 0.176. The number of carbonyl (C=O) groups is 2. The number of hydrogen-bond acceptors (Lipinski definition) is 7. The highest BCUT2D eigenvalue weighted by atomic mass is 32.1. The SMILES string of the molecule is O=C(Nc1ccc(N2CCOCC2)cc1)c1cccc(-n2cc(Nc3cscc3-c3ccccc3)cn2)c1.O=C(O)C(F)(F)F. The molecule has 1 fully saturated rings. The molecular formula is C32H28F3N5O4S. The summed E-state index contributed by atoms with van der Waals surface area (Å²) in [5, 5.41) is 22.4. The van der Waals surface area contributed by atoms with Gasteiger partial charge in [-0.25, -0.2) is 9.48 Å². The Balaban J connectivity index is 0.000000515. The molecule has 6 rings (SSSR count). The van der Waals surface area contributed by atoms with E-state index in [2.05, 4.69) is 43.5 Å². The van der Waals surface area contributed by atoms with Crippen molar-refractivity contribution in [2.24, 2.45) is 0 Å². The highest BCUT2D eigenvalue weighted by molar-refractivity contribution is 7.08. The fraction of sp³-hybridized carbons (Fsp3) is 0.156. The summed E-state index contributed by atoms with van der Waals surface area (Å²) < 4.78 is 38.9. The zero-order chi connectivity index (χ0) is 31.8. The summed E-state index contributed by atoms with van der Waals surface area (Å²) in [5.74, 6) is -2.92. The van der Waals surface area contributed by atoms with Crippen molar-refractivity contribution < 1.29 is 32.6 Å². The summed E-state index contributed by atoms with van der Waals surface area (Å²) in [6.45, 7) is 3.24. The Morgan fingerprint density at radius 1 is 0.889 bits per heavy atom. The first-order chi connectivity index (χ1) is 21.7. The van der Waals surface area contributed by atoms with Crippen molar-refractivity contribution in [1.29, 1.82) is 0 Å². The monoisotopic (exact) mass is 635 g/mol. The lowest BCUT2D eigenvalue weighted by Gasteiger charge is -2.28. The van der Waals surface area contributed by atoms with Gasteiger partial charge in [-0.3, -0.25) is 4.79 Å².